The lowest BCUT2D eigenvalue weighted by Crippen LogP contribution is -2.22. The maximum atomic E-state index is 12.8. The third kappa shape index (κ3) is 2.68. The molecule has 6 heteroatoms. The maximum Gasteiger partial charge on any atom is 0.259 e. The zero-order valence-electron chi connectivity index (χ0n) is 15.8. The molecule has 144 valence electrons. The van der Waals surface area contributed by atoms with Gasteiger partial charge in [0.25, 0.3) is 11.8 Å². The van der Waals surface area contributed by atoms with E-state index >= 15 is 0 Å². The van der Waals surface area contributed by atoms with Crippen molar-refractivity contribution in [2.45, 2.75) is 6.54 Å². The quantitative estimate of drug-likeness (QED) is 0.532. The van der Waals surface area contributed by atoms with Crippen molar-refractivity contribution in [1.29, 1.82) is 0 Å². The van der Waals surface area contributed by atoms with Crippen LogP contribution in [-0.4, -0.2) is 30.1 Å². The van der Waals surface area contributed by atoms with Gasteiger partial charge in [-0.1, -0.05) is 36.4 Å². The second kappa shape index (κ2) is 6.76. The minimum absolute atomic E-state index is 0.342. The number of ether oxygens (including phenoxy) is 1. The van der Waals surface area contributed by atoms with E-state index in [1.807, 2.05) is 59.3 Å². The van der Waals surface area contributed by atoms with Crippen molar-refractivity contribution >= 4 is 44.8 Å². The number of para-hydroxylation sites is 2. The summed E-state index contributed by atoms with van der Waals surface area (Å²) in [7, 11) is 1.65. The van der Waals surface area contributed by atoms with E-state index in [-0.39, 0.29) is 0 Å². The third-order valence-corrected chi connectivity index (χ3v) is 5.28. The molecule has 29 heavy (non-hydrogen) atoms. The molecule has 0 saturated heterocycles. The number of carbonyl (C=O) groups is 2. The van der Waals surface area contributed by atoms with Crippen molar-refractivity contribution in [3.05, 3.63) is 72.1 Å². The Labute approximate surface area is 166 Å². The number of fused-ring (bicyclic) bond motifs is 2. The standard InChI is InChI=1S/C23H18N2O4/c1-28-11-10-25-12-16(14-6-2-4-8-18(14)25)20-21(23(27)24-22(20)26)17-13-29-19-9-5-3-7-15(17)19/h2-9,12-13H,10-11H2,1H3,(H,24,26,27). The summed E-state index contributed by atoms with van der Waals surface area (Å²) in [5, 5.41) is 4.17. The number of benzene rings is 2. The van der Waals surface area contributed by atoms with Crippen LogP contribution in [0.4, 0.5) is 0 Å². The van der Waals surface area contributed by atoms with Gasteiger partial charge in [0.15, 0.2) is 0 Å². The molecule has 0 atom stereocenters. The highest BCUT2D eigenvalue weighted by Crippen LogP contribution is 2.38. The van der Waals surface area contributed by atoms with Crippen LogP contribution >= 0.6 is 0 Å². The second-order valence-corrected chi connectivity index (χ2v) is 6.92. The highest BCUT2D eigenvalue weighted by atomic mass is 16.5. The van der Waals surface area contributed by atoms with Gasteiger partial charge in [0.05, 0.1) is 24.0 Å². The number of rotatable bonds is 5. The molecule has 0 fully saturated rings. The van der Waals surface area contributed by atoms with Crippen LogP contribution in [-0.2, 0) is 20.9 Å². The van der Waals surface area contributed by atoms with E-state index in [1.54, 1.807) is 13.4 Å². The predicted molar refractivity (Wildman–Crippen MR) is 110 cm³/mol. The molecular formula is C23H18N2O4. The molecule has 1 N–H and O–H groups in total. The number of nitrogens with zero attached hydrogens (tertiary/aromatic N) is 1. The molecule has 0 aliphatic carbocycles. The van der Waals surface area contributed by atoms with Gasteiger partial charge in [-0.2, -0.15) is 0 Å². The molecule has 0 unspecified atom stereocenters. The molecule has 1 aliphatic rings. The average molecular weight is 386 g/mol. The Morgan fingerprint density at radius 1 is 0.931 bits per heavy atom. The van der Waals surface area contributed by atoms with Crippen LogP contribution in [0, 0.1) is 0 Å². The summed E-state index contributed by atoms with van der Waals surface area (Å²) < 4.78 is 12.9. The van der Waals surface area contributed by atoms with Crippen molar-refractivity contribution in [3.63, 3.8) is 0 Å². The van der Waals surface area contributed by atoms with E-state index in [9.17, 15) is 9.59 Å². The maximum absolute atomic E-state index is 12.8. The molecule has 2 aromatic heterocycles. The van der Waals surface area contributed by atoms with Gasteiger partial charge < -0.3 is 13.7 Å². The molecule has 2 aromatic carbocycles. The number of hydrogen-bond acceptors (Lipinski definition) is 4. The Kier molecular flexibility index (Phi) is 4.07. The van der Waals surface area contributed by atoms with Crippen molar-refractivity contribution in [2.75, 3.05) is 13.7 Å². The van der Waals surface area contributed by atoms with Crippen LogP contribution < -0.4 is 5.32 Å². The zero-order chi connectivity index (χ0) is 20.0. The lowest BCUT2D eigenvalue weighted by molar-refractivity contribution is -0.122. The molecular weight excluding hydrogens is 368 g/mol. The van der Waals surface area contributed by atoms with E-state index in [4.69, 9.17) is 9.15 Å². The second-order valence-electron chi connectivity index (χ2n) is 6.92. The molecule has 0 bridgehead atoms. The normalized spacial score (nSPS) is 14.4. The van der Waals surface area contributed by atoms with Crippen LogP contribution in [0.2, 0.25) is 0 Å². The van der Waals surface area contributed by atoms with Crippen LogP contribution in [0.5, 0.6) is 0 Å². The van der Waals surface area contributed by atoms with Crippen molar-refractivity contribution < 1.29 is 18.7 Å². The van der Waals surface area contributed by atoms with Gasteiger partial charge >= 0.3 is 0 Å². The minimum Gasteiger partial charge on any atom is -0.464 e. The number of methoxy groups -OCH3 is 1. The van der Waals surface area contributed by atoms with Crippen LogP contribution in [0.15, 0.2) is 65.4 Å². The third-order valence-electron chi connectivity index (χ3n) is 5.28. The Morgan fingerprint density at radius 2 is 1.62 bits per heavy atom. The summed E-state index contributed by atoms with van der Waals surface area (Å²) in [4.78, 5) is 25.6. The van der Waals surface area contributed by atoms with Crippen LogP contribution in [0.25, 0.3) is 33.0 Å². The summed E-state index contributed by atoms with van der Waals surface area (Å²) in [5.74, 6) is -0.810. The summed E-state index contributed by atoms with van der Waals surface area (Å²) in [6.45, 7) is 1.19. The topological polar surface area (TPSA) is 73.5 Å². The fourth-order valence-electron chi connectivity index (χ4n) is 3.96. The minimum atomic E-state index is -0.412. The number of nitrogens with one attached hydrogen (secondary N) is 1. The fourth-order valence-corrected chi connectivity index (χ4v) is 3.96. The monoisotopic (exact) mass is 386 g/mol. The number of aromatic nitrogens is 1. The number of imide groups is 1. The average Bonchev–Trinajstić information content (AvgIpc) is 3.39. The smallest absolute Gasteiger partial charge is 0.259 e. The van der Waals surface area contributed by atoms with E-state index in [1.165, 1.54) is 0 Å². The fraction of sp³-hybridized carbons (Fsp3) is 0.130. The van der Waals surface area contributed by atoms with Gasteiger partial charge in [0, 0.05) is 47.3 Å². The van der Waals surface area contributed by atoms with E-state index in [2.05, 4.69) is 5.32 Å². The molecule has 1 aliphatic heterocycles. The number of carbonyl (C=O) groups excluding carboxylic acids is 2. The molecule has 6 nitrogen and oxygen atoms in total. The molecule has 5 rings (SSSR count). The summed E-state index contributed by atoms with van der Waals surface area (Å²) >= 11 is 0. The Bertz CT molecular complexity index is 1310. The Balaban J connectivity index is 1.79. The molecule has 2 amide bonds. The zero-order valence-corrected chi connectivity index (χ0v) is 15.8. The summed E-state index contributed by atoms with van der Waals surface area (Å²) in [6.07, 6.45) is 3.46. The first kappa shape index (κ1) is 17.5. The van der Waals surface area contributed by atoms with Gasteiger partial charge in [0.1, 0.15) is 5.58 Å². The van der Waals surface area contributed by atoms with Crippen molar-refractivity contribution in [1.82, 2.24) is 9.88 Å². The first-order valence-electron chi connectivity index (χ1n) is 9.33. The first-order valence-corrected chi connectivity index (χ1v) is 9.33. The van der Waals surface area contributed by atoms with Crippen molar-refractivity contribution in [3.8, 4) is 0 Å². The Hall–Kier alpha value is -3.64. The number of hydrogen-bond donors (Lipinski definition) is 1. The number of amides is 2. The lowest BCUT2D eigenvalue weighted by Gasteiger charge is -2.03. The molecule has 3 heterocycles. The van der Waals surface area contributed by atoms with Gasteiger partial charge in [0.2, 0.25) is 0 Å². The van der Waals surface area contributed by atoms with Gasteiger partial charge in [-0.25, -0.2) is 0 Å². The highest BCUT2D eigenvalue weighted by molar-refractivity contribution is 6.50. The van der Waals surface area contributed by atoms with Gasteiger partial charge in [-0.15, -0.1) is 0 Å². The van der Waals surface area contributed by atoms with Crippen molar-refractivity contribution in [2.24, 2.45) is 0 Å². The SMILES string of the molecule is COCCn1cc(C2=C(c3coc4ccccc34)C(=O)NC2=O)c2ccccc21. The van der Waals surface area contributed by atoms with E-state index in [0.29, 0.717) is 35.4 Å². The van der Waals surface area contributed by atoms with E-state index < -0.39 is 11.8 Å². The first-order chi connectivity index (χ1) is 14.2. The largest absolute Gasteiger partial charge is 0.464 e. The highest BCUT2D eigenvalue weighted by Gasteiger charge is 2.35. The molecule has 0 saturated carbocycles. The molecule has 0 spiro atoms. The summed E-state index contributed by atoms with van der Waals surface area (Å²) in [6, 6.07) is 15.3. The van der Waals surface area contributed by atoms with Gasteiger partial charge in [-0.3, -0.25) is 14.9 Å². The van der Waals surface area contributed by atoms with Gasteiger partial charge in [-0.05, 0) is 12.1 Å². The van der Waals surface area contributed by atoms with Crippen LogP contribution in [0.3, 0.4) is 0 Å². The van der Waals surface area contributed by atoms with Crippen LogP contribution in [0.1, 0.15) is 11.1 Å². The molecule has 4 aromatic rings. The lowest BCUT2D eigenvalue weighted by atomic mass is 9.95. The molecule has 0 radical (unpaired) electrons. The predicted octanol–water partition coefficient (Wildman–Crippen LogP) is 3.60. The number of furan rings is 1. The van der Waals surface area contributed by atoms with E-state index in [0.717, 1.165) is 21.9 Å². The summed E-state index contributed by atoms with van der Waals surface area (Å²) in [5.41, 5.74) is 3.70. The Morgan fingerprint density at radius 3 is 2.41 bits per heavy atom.